The Labute approximate surface area is 118 Å². The molecule has 1 aliphatic rings. The molecule has 1 atom stereocenters. The maximum absolute atomic E-state index is 5.14. The van der Waals surface area contributed by atoms with Crippen molar-refractivity contribution in [1.29, 1.82) is 0 Å². The first-order chi connectivity index (χ1) is 9.86. The molecule has 2 aromatic rings. The summed E-state index contributed by atoms with van der Waals surface area (Å²) in [4.78, 5) is 8.94. The highest BCUT2D eigenvalue weighted by molar-refractivity contribution is 5.92. The quantitative estimate of drug-likeness (QED) is 0.777. The van der Waals surface area contributed by atoms with Gasteiger partial charge in [0.05, 0.1) is 25.3 Å². The number of benzene rings is 2. The highest BCUT2D eigenvalue weighted by atomic mass is 16.5. The van der Waals surface area contributed by atoms with Crippen LogP contribution in [0.15, 0.2) is 58.5 Å². The lowest BCUT2D eigenvalue weighted by atomic mass is 9.94. The predicted octanol–water partition coefficient (Wildman–Crippen LogP) is 3.77. The number of nitrogens with zero attached hydrogens (tertiary/aromatic N) is 2. The molecule has 0 N–H and O–H groups in total. The molecule has 1 aliphatic heterocycles. The van der Waals surface area contributed by atoms with Gasteiger partial charge in [0, 0.05) is 12.4 Å². The van der Waals surface area contributed by atoms with Crippen LogP contribution >= 0.6 is 0 Å². The monoisotopic (exact) mass is 264 g/mol. The minimum absolute atomic E-state index is 0.155. The van der Waals surface area contributed by atoms with Gasteiger partial charge in [-0.15, -0.1) is 0 Å². The molecule has 1 heterocycles. The van der Waals surface area contributed by atoms with Crippen molar-refractivity contribution in [2.75, 3.05) is 7.11 Å². The Bertz CT molecular complexity index is 644. The van der Waals surface area contributed by atoms with Crippen LogP contribution in [0.3, 0.4) is 0 Å². The van der Waals surface area contributed by atoms with Crippen molar-refractivity contribution in [2.45, 2.75) is 12.5 Å². The molecule has 20 heavy (non-hydrogen) atoms. The van der Waals surface area contributed by atoms with E-state index in [1.54, 1.807) is 7.11 Å². The first kappa shape index (κ1) is 12.6. The second-order valence-corrected chi connectivity index (χ2v) is 4.69. The van der Waals surface area contributed by atoms with E-state index < -0.39 is 0 Å². The van der Waals surface area contributed by atoms with E-state index in [1.807, 2.05) is 36.7 Å². The minimum Gasteiger partial charge on any atom is -0.497 e. The molecular weight excluding hydrogens is 248 g/mol. The summed E-state index contributed by atoms with van der Waals surface area (Å²) in [5.74, 6) is 0.996. The third kappa shape index (κ3) is 2.62. The molecule has 0 radical (unpaired) electrons. The average Bonchev–Trinajstić information content (AvgIpc) is 2.53. The first-order valence-corrected chi connectivity index (χ1v) is 6.63. The number of aliphatic imine (C=N–C) groups is 2. The summed E-state index contributed by atoms with van der Waals surface area (Å²) in [7, 11) is 1.66. The standard InChI is InChI=1S/C17H16N2O/c1-20-16-8-6-15(7-9-16)19-12-14-11-18-10-13-4-2-3-5-17(13)14/h2-9,11-12,14H,10H2,1H3. The number of hydrogen-bond acceptors (Lipinski definition) is 3. The fourth-order valence-corrected chi connectivity index (χ4v) is 2.30. The third-order valence-electron chi connectivity index (χ3n) is 3.40. The molecule has 0 fully saturated rings. The minimum atomic E-state index is 0.155. The maximum Gasteiger partial charge on any atom is 0.119 e. The summed E-state index contributed by atoms with van der Waals surface area (Å²) >= 11 is 0. The third-order valence-corrected chi connectivity index (χ3v) is 3.40. The molecule has 3 nitrogen and oxygen atoms in total. The number of hydrogen-bond donors (Lipinski definition) is 0. The van der Waals surface area contributed by atoms with Gasteiger partial charge in [0.15, 0.2) is 0 Å². The number of methoxy groups -OCH3 is 1. The van der Waals surface area contributed by atoms with Gasteiger partial charge in [0.25, 0.3) is 0 Å². The lowest BCUT2D eigenvalue weighted by molar-refractivity contribution is 0.415. The molecule has 0 aromatic heterocycles. The van der Waals surface area contributed by atoms with Gasteiger partial charge in [-0.1, -0.05) is 24.3 Å². The molecule has 0 bridgehead atoms. The van der Waals surface area contributed by atoms with Crippen molar-refractivity contribution in [1.82, 2.24) is 0 Å². The van der Waals surface area contributed by atoms with E-state index in [0.29, 0.717) is 0 Å². The zero-order valence-corrected chi connectivity index (χ0v) is 11.4. The second-order valence-electron chi connectivity index (χ2n) is 4.69. The molecular formula is C17H16N2O. The van der Waals surface area contributed by atoms with Gasteiger partial charge in [0.2, 0.25) is 0 Å². The maximum atomic E-state index is 5.14. The molecule has 0 aliphatic carbocycles. The van der Waals surface area contributed by atoms with E-state index in [-0.39, 0.29) is 5.92 Å². The Morgan fingerprint density at radius 3 is 2.75 bits per heavy atom. The normalized spacial score (nSPS) is 17.1. The fourth-order valence-electron chi connectivity index (χ4n) is 2.30. The Kier molecular flexibility index (Phi) is 3.59. The van der Waals surface area contributed by atoms with Crippen molar-refractivity contribution < 1.29 is 4.74 Å². The Hall–Kier alpha value is -2.42. The highest BCUT2D eigenvalue weighted by Gasteiger charge is 2.14. The zero-order valence-electron chi connectivity index (χ0n) is 11.4. The van der Waals surface area contributed by atoms with Crippen LogP contribution in [-0.4, -0.2) is 19.5 Å². The van der Waals surface area contributed by atoms with E-state index in [4.69, 9.17) is 4.74 Å². The van der Waals surface area contributed by atoms with Crippen molar-refractivity contribution in [3.63, 3.8) is 0 Å². The van der Waals surface area contributed by atoms with Crippen LogP contribution in [0.25, 0.3) is 0 Å². The van der Waals surface area contributed by atoms with Gasteiger partial charge >= 0.3 is 0 Å². The summed E-state index contributed by atoms with van der Waals surface area (Å²) in [6.45, 7) is 0.767. The molecule has 1 unspecified atom stereocenters. The predicted molar refractivity (Wildman–Crippen MR) is 82.5 cm³/mol. The molecule has 0 amide bonds. The van der Waals surface area contributed by atoms with Crippen LogP contribution in [0.2, 0.25) is 0 Å². The van der Waals surface area contributed by atoms with Crippen LogP contribution in [-0.2, 0) is 6.54 Å². The van der Waals surface area contributed by atoms with E-state index >= 15 is 0 Å². The average molecular weight is 264 g/mol. The van der Waals surface area contributed by atoms with Crippen LogP contribution < -0.4 is 4.74 Å². The van der Waals surface area contributed by atoms with Crippen molar-refractivity contribution >= 4 is 18.1 Å². The summed E-state index contributed by atoms with van der Waals surface area (Å²) in [5, 5.41) is 0. The van der Waals surface area contributed by atoms with Gasteiger partial charge in [-0.3, -0.25) is 9.98 Å². The summed E-state index contributed by atoms with van der Waals surface area (Å²) in [6.07, 6.45) is 3.92. The zero-order chi connectivity index (χ0) is 13.8. The highest BCUT2D eigenvalue weighted by Crippen LogP contribution is 2.24. The lowest BCUT2D eigenvalue weighted by Gasteiger charge is -2.16. The number of fused-ring (bicyclic) bond motifs is 1. The number of ether oxygens (including phenoxy) is 1. The molecule has 3 rings (SSSR count). The van der Waals surface area contributed by atoms with Gasteiger partial charge in [-0.05, 0) is 35.4 Å². The van der Waals surface area contributed by atoms with Crippen molar-refractivity contribution in [3.8, 4) is 5.75 Å². The molecule has 3 heteroatoms. The largest absolute Gasteiger partial charge is 0.497 e. The van der Waals surface area contributed by atoms with Gasteiger partial charge in [-0.25, -0.2) is 0 Å². The van der Waals surface area contributed by atoms with E-state index in [0.717, 1.165) is 18.0 Å². The van der Waals surface area contributed by atoms with E-state index in [9.17, 15) is 0 Å². The molecule has 0 saturated carbocycles. The van der Waals surface area contributed by atoms with Gasteiger partial charge < -0.3 is 4.74 Å². The SMILES string of the molecule is COc1ccc(N=CC2C=NCc3ccccc32)cc1. The second kappa shape index (κ2) is 5.70. The molecule has 0 spiro atoms. The smallest absolute Gasteiger partial charge is 0.119 e. The fraction of sp³-hybridized carbons (Fsp3) is 0.176. The van der Waals surface area contributed by atoms with E-state index in [2.05, 4.69) is 34.3 Å². The van der Waals surface area contributed by atoms with Crippen molar-refractivity contribution in [2.24, 2.45) is 9.98 Å². The van der Waals surface area contributed by atoms with Crippen LogP contribution in [0.5, 0.6) is 5.75 Å². The summed E-state index contributed by atoms with van der Waals surface area (Å²) in [5.41, 5.74) is 3.49. The Morgan fingerprint density at radius 2 is 1.95 bits per heavy atom. The van der Waals surface area contributed by atoms with E-state index in [1.165, 1.54) is 11.1 Å². The van der Waals surface area contributed by atoms with Crippen LogP contribution in [0.4, 0.5) is 5.69 Å². The van der Waals surface area contributed by atoms with Crippen molar-refractivity contribution in [3.05, 3.63) is 59.7 Å². The summed E-state index contributed by atoms with van der Waals surface area (Å²) in [6, 6.07) is 16.1. The Morgan fingerprint density at radius 1 is 1.15 bits per heavy atom. The number of rotatable bonds is 3. The Balaban J connectivity index is 1.81. The lowest BCUT2D eigenvalue weighted by Crippen LogP contribution is -2.09. The van der Waals surface area contributed by atoms with Gasteiger partial charge in [-0.2, -0.15) is 0 Å². The first-order valence-electron chi connectivity index (χ1n) is 6.63. The topological polar surface area (TPSA) is 34.0 Å². The molecule has 2 aromatic carbocycles. The molecule has 0 saturated heterocycles. The summed E-state index contributed by atoms with van der Waals surface area (Å²) < 4.78 is 5.14. The van der Waals surface area contributed by atoms with Crippen LogP contribution in [0.1, 0.15) is 17.0 Å². The van der Waals surface area contributed by atoms with Crippen LogP contribution in [0, 0.1) is 0 Å². The molecule has 100 valence electrons. The van der Waals surface area contributed by atoms with Gasteiger partial charge in [0.1, 0.15) is 5.75 Å².